The zero-order valence-corrected chi connectivity index (χ0v) is 17.7. The molecule has 2 aromatic carbocycles. The Hall–Kier alpha value is -3.19. The molecule has 152 valence electrons. The molecule has 1 unspecified atom stereocenters. The van der Waals surface area contributed by atoms with E-state index in [9.17, 15) is 4.79 Å². The van der Waals surface area contributed by atoms with Crippen LogP contribution in [0.2, 0.25) is 0 Å². The first-order valence-electron chi connectivity index (χ1n) is 10.1. The van der Waals surface area contributed by atoms with Gasteiger partial charge in [0.1, 0.15) is 11.6 Å². The van der Waals surface area contributed by atoms with Crippen LogP contribution in [0.5, 0.6) is 5.75 Å². The van der Waals surface area contributed by atoms with Crippen molar-refractivity contribution in [1.82, 2.24) is 14.8 Å². The number of carbonyl (C=O) groups excluding carboxylic acids is 1. The van der Waals surface area contributed by atoms with Crippen molar-refractivity contribution < 1.29 is 9.53 Å². The molecule has 0 aliphatic carbocycles. The number of benzene rings is 2. The van der Waals surface area contributed by atoms with Gasteiger partial charge in [0.15, 0.2) is 0 Å². The standard InChI is InChI=1S/C23H22N4O2S/c1-3-12-29-16-10-8-15(9-11-16)17-13-20(28)25-22-21(17)14(2)26-27(22)23-24-18-6-4-5-7-19(18)30-23/h4-11,17H,3,12-13H2,1-2H3,(H,25,28). The van der Waals surface area contributed by atoms with Crippen LogP contribution in [0.4, 0.5) is 5.82 Å². The van der Waals surface area contributed by atoms with E-state index in [1.165, 1.54) is 0 Å². The smallest absolute Gasteiger partial charge is 0.226 e. The minimum absolute atomic E-state index is 0.0129. The second-order valence-corrected chi connectivity index (χ2v) is 8.46. The molecule has 0 spiro atoms. The second-order valence-electron chi connectivity index (χ2n) is 7.45. The summed E-state index contributed by atoms with van der Waals surface area (Å²) in [6.45, 7) is 4.78. The number of thiazole rings is 1. The van der Waals surface area contributed by atoms with Gasteiger partial charge in [-0.1, -0.05) is 42.5 Å². The molecule has 0 saturated heterocycles. The van der Waals surface area contributed by atoms with Gasteiger partial charge in [-0.25, -0.2) is 4.98 Å². The summed E-state index contributed by atoms with van der Waals surface area (Å²) in [5, 5.41) is 8.54. The summed E-state index contributed by atoms with van der Waals surface area (Å²) < 4.78 is 8.57. The first kappa shape index (κ1) is 18.8. The van der Waals surface area contributed by atoms with E-state index in [1.807, 2.05) is 55.5 Å². The number of fused-ring (bicyclic) bond motifs is 2. The fourth-order valence-corrected chi connectivity index (χ4v) is 4.86. The normalized spacial score (nSPS) is 15.8. The van der Waals surface area contributed by atoms with Crippen molar-refractivity contribution in [2.24, 2.45) is 0 Å². The number of nitrogens with one attached hydrogen (secondary N) is 1. The molecule has 5 rings (SSSR count). The highest BCUT2D eigenvalue weighted by Crippen LogP contribution is 2.41. The lowest BCUT2D eigenvalue weighted by molar-refractivity contribution is -0.116. The number of carbonyl (C=O) groups is 1. The lowest BCUT2D eigenvalue weighted by atomic mass is 9.86. The quantitative estimate of drug-likeness (QED) is 0.492. The number of rotatable bonds is 5. The van der Waals surface area contributed by atoms with Crippen molar-refractivity contribution in [3.05, 3.63) is 65.4 Å². The van der Waals surface area contributed by atoms with Crippen molar-refractivity contribution in [2.45, 2.75) is 32.6 Å². The molecule has 1 aliphatic rings. The van der Waals surface area contributed by atoms with E-state index in [0.29, 0.717) is 13.0 Å². The summed E-state index contributed by atoms with van der Waals surface area (Å²) >= 11 is 1.57. The average molecular weight is 419 g/mol. The van der Waals surface area contributed by atoms with Crippen LogP contribution in [0.15, 0.2) is 48.5 Å². The molecule has 3 heterocycles. The van der Waals surface area contributed by atoms with E-state index < -0.39 is 0 Å². The van der Waals surface area contributed by atoms with Crippen LogP contribution in [-0.2, 0) is 4.79 Å². The molecule has 0 radical (unpaired) electrons. The number of hydrogen-bond acceptors (Lipinski definition) is 5. The Morgan fingerprint density at radius 3 is 2.77 bits per heavy atom. The SMILES string of the molecule is CCCOc1ccc(C2CC(=O)Nc3c2c(C)nn3-c2nc3ccccc3s2)cc1. The highest BCUT2D eigenvalue weighted by atomic mass is 32.1. The lowest BCUT2D eigenvalue weighted by Gasteiger charge is -2.24. The summed E-state index contributed by atoms with van der Waals surface area (Å²) in [7, 11) is 0. The predicted octanol–water partition coefficient (Wildman–Crippen LogP) is 5.05. The summed E-state index contributed by atoms with van der Waals surface area (Å²) in [5.41, 5.74) is 3.97. The minimum Gasteiger partial charge on any atom is -0.494 e. The van der Waals surface area contributed by atoms with Crippen LogP contribution in [-0.4, -0.2) is 27.3 Å². The van der Waals surface area contributed by atoms with Gasteiger partial charge in [0.2, 0.25) is 11.0 Å². The zero-order valence-electron chi connectivity index (χ0n) is 16.9. The molecular weight excluding hydrogens is 396 g/mol. The number of para-hydroxylation sites is 1. The molecule has 0 fully saturated rings. The van der Waals surface area contributed by atoms with E-state index in [0.717, 1.165) is 50.2 Å². The monoisotopic (exact) mass is 418 g/mol. The van der Waals surface area contributed by atoms with Crippen LogP contribution in [0, 0.1) is 6.92 Å². The van der Waals surface area contributed by atoms with E-state index in [-0.39, 0.29) is 11.8 Å². The van der Waals surface area contributed by atoms with Gasteiger partial charge in [0.05, 0.1) is 22.5 Å². The summed E-state index contributed by atoms with van der Waals surface area (Å²) in [6, 6.07) is 16.1. The zero-order chi connectivity index (χ0) is 20.7. The van der Waals surface area contributed by atoms with Gasteiger partial charge in [-0.05, 0) is 43.2 Å². The highest BCUT2D eigenvalue weighted by Gasteiger charge is 2.33. The number of aryl methyl sites for hydroxylation is 1. The molecule has 7 heteroatoms. The third-order valence-corrected chi connectivity index (χ3v) is 6.33. The van der Waals surface area contributed by atoms with Crippen LogP contribution in [0.3, 0.4) is 0 Å². The molecule has 1 amide bonds. The fourth-order valence-electron chi connectivity index (χ4n) is 3.94. The van der Waals surface area contributed by atoms with Gasteiger partial charge in [0, 0.05) is 17.9 Å². The Morgan fingerprint density at radius 2 is 2.00 bits per heavy atom. The number of anilines is 1. The Balaban J connectivity index is 1.56. The highest BCUT2D eigenvalue weighted by molar-refractivity contribution is 7.20. The molecule has 30 heavy (non-hydrogen) atoms. The first-order valence-corrected chi connectivity index (χ1v) is 10.9. The summed E-state index contributed by atoms with van der Waals surface area (Å²) in [4.78, 5) is 17.3. The number of hydrogen-bond donors (Lipinski definition) is 1. The van der Waals surface area contributed by atoms with Crippen molar-refractivity contribution in [3.63, 3.8) is 0 Å². The van der Waals surface area contributed by atoms with Gasteiger partial charge in [-0.3, -0.25) is 4.79 Å². The van der Waals surface area contributed by atoms with Crippen molar-refractivity contribution in [3.8, 4) is 10.9 Å². The van der Waals surface area contributed by atoms with Crippen LogP contribution >= 0.6 is 11.3 Å². The van der Waals surface area contributed by atoms with E-state index in [4.69, 9.17) is 14.8 Å². The Labute approximate surface area is 178 Å². The third-order valence-electron chi connectivity index (χ3n) is 5.32. The summed E-state index contributed by atoms with van der Waals surface area (Å²) in [5.74, 6) is 1.51. The van der Waals surface area contributed by atoms with Crippen molar-refractivity contribution in [2.75, 3.05) is 11.9 Å². The molecule has 1 N–H and O–H groups in total. The van der Waals surface area contributed by atoms with Crippen LogP contribution in [0.1, 0.15) is 42.5 Å². The Morgan fingerprint density at radius 1 is 1.20 bits per heavy atom. The number of nitrogens with zero attached hydrogens (tertiary/aromatic N) is 3. The Kier molecular flexibility index (Phi) is 4.75. The van der Waals surface area contributed by atoms with Crippen molar-refractivity contribution in [1.29, 1.82) is 0 Å². The largest absolute Gasteiger partial charge is 0.494 e. The van der Waals surface area contributed by atoms with Crippen LogP contribution < -0.4 is 10.1 Å². The topological polar surface area (TPSA) is 69.0 Å². The summed E-state index contributed by atoms with van der Waals surface area (Å²) in [6.07, 6.45) is 1.37. The molecule has 6 nitrogen and oxygen atoms in total. The minimum atomic E-state index is -0.0443. The lowest BCUT2D eigenvalue weighted by Crippen LogP contribution is -2.24. The van der Waals surface area contributed by atoms with E-state index in [1.54, 1.807) is 16.0 Å². The number of ether oxygens (including phenoxy) is 1. The maximum absolute atomic E-state index is 12.6. The van der Waals surface area contributed by atoms with Gasteiger partial charge < -0.3 is 10.1 Å². The third kappa shape index (κ3) is 3.25. The predicted molar refractivity (Wildman–Crippen MR) is 119 cm³/mol. The molecule has 2 aromatic heterocycles. The van der Waals surface area contributed by atoms with Gasteiger partial charge in [-0.2, -0.15) is 9.78 Å². The van der Waals surface area contributed by atoms with Gasteiger partial charge >= 0.3 is 0 Å². The van der Waals surface area contributed by atoms with Crippen molar-refractivity contribution >= 4 is 33.3 Å². The first-order chi connectivity index (χ1) is 14.6. The Bertz CT molecular complexity index is 1190. The molecule has 0 bridgehead atoms. The number of amides is 1. The molecule has 0 saturated carbocycles. The molecular formula is C23H22N4O2S. The average Bonchev–Trinajstić information content (AvgIpc) is 3.33. The molecule has 1 aliphatic heterocycles. The van der Waals surface area contributed by atoms with Crippen LogP contribution in [0.25, 0.3) is 15.3 Å². The van der Waals surface area contributed by atoms with Gasteiger partial charge in [-0.15, -0.1) is 0 Å². The fraction of sp³-hybridized carbons (Fsp3) is 0.261. The molecule has 1 atom stereocenters. The number of aromatic nitrogens is 3. The second kappa shape index (κ2) is 7.57. The van der Waals surface area contributed by atoms with E-state index >= 15 is 0 Å². The maximum Gasteiger partial charge on any atom is 0.226 e. The van der Waals surface area contributed by atoms with E-state index in [2.05, 4.69) is 12.2 Å². The molecule has 4 aromatic rings. The van der Waals surface area contributed by atoms with Gasteiger partial charge in [0.25, 0.3) is 0 Å². The maximum atomic E-state index is 12.6.